The van der Waals surface area contributed by atoms with Gasteiger partial charge in [0.15, 0.2) is 0 Å². The van der Waals surface area contributed by atoms with Crippen LogP contribution in [-0.4, -0.2) is 0 Å². The fourth-order valence-corrected chi connectivity index (χ4v) is 3.63. The summed E-state index contributed by atoms with van der Waals surface area (Å²) in [6.07, 6.45) is 0. The number of rotatable bonds is 1. The SMILES string of the molecule is ClP(Cl)c1cc2ccccc2c2ccccc12. The van der Waals surface area contributed by atoms with Crippen LogP contribution in [0.5, 0.6) is 0 Å². The van der Waals surface area contributed by atoms with E-state index in [2.05, 4.69) is 36.4 Å². The van der Waals surface area contributed by atoms with Gasteiger partial charge in [-0.25, -0.2) is 0 Å². The lowest BCUT2D eigenvalue weighted by molar-refractivity contribution is 1.79. The van der Waals surface area contributed by atoms with E-state index in [9.17, 15) is 0 Å². The summed E-state index contributed by atoms with van der Waals surface area (Å²) in [4.78, 5) is 0. The highest BCUT2D eigenvalue weighted by atomic mass is 35.9. The lowest BCUT2D eigenvalue weighted by Crippen LogP contribution is -1.97. The van der Waals surface area contributed by atoms with Gasteiger partial charge in [-0.1, -0.05) is 71.0 Å². The Hall–Kier alpha value is -0.810. The zero-order valence-electron chi connectivity index (χ0n) is 8.90. The summed E-state index contributed by atoms with van der Waals surface area (Å²) in [7, 11) is 0. The summed E-state index contributed by atoms with van der Waals surface area (Å²) < 4.78 is 0. The molecule has 3 aromatic rings. The summed E-state index contributed by atoms with van der Waals surface area (Å²) >= 11 is 12.2. The topological polar surface area (TPSA) is 0 Å². The fraction of sp³-hybridized carbons (Fsp3) is 0. The van der Waals surface area contributed by atoms with Crippen LogP contribution in [0.25, 0.3) is 21.5 Å². The second kappa shape index (κ2) is 4.46. The van der Waals surface area contributed by atoms with Crippen LogP contribution >= 0.6 is 29.1 Å². The third-order valence-electron chi connectivity index (χ3n) is 2.93. The van der Waals surface area contributed by atoms with Gasteiger partial charge < -0.3 is 0 Å². The Bertz CT molecular complexity index is 692. The highest BCUT2D eigenvalue weighted by Gasteiger charge is 2.11. The van der Waals surface area contributed by atoms with Crippen molar-refractivity contribution in [2.45, 2.75) is 0 Å². The zero-order chi connectivity index (χ0) is 11.8. The van der Waals surface area contributed by atoms with Crippen LogP contribution in [0, 0.1) is 0 Å². The fourth-order valence-electron chi connectivity index (χ4n) is 2.17. The van der Waals surface area contributed by atoms with Crippen molar-refractivity contribution in [1.82, 2.24) is 0 Å². The Labute approximate surface area is 110 Å². The quantitative estimate of drug-likeness (QED) is 0.413. The summed E-state index contributed by atoms with van der Waals surface area (Å²) in [6, 6.07) is 18.7. The lowest BCUT2D eigenvalue weighted by Gasteiger charge is -2.10. The Morgan fingerprint density at radius 2 is 1.29 bits per heavy atom. The minimum Gasteiger partial charge on any atom is -0.0727 e. The Balaban J connectivity index is 2.55. The van der Waals surface area contributed by atoms with Gasteiger partial charge >= 0.3 is 0 Å². The van der Waals surface area contributed by atoms with Gasteiger partial charge in [-0.15, -0.1) is 0 Å². The summed E-state index contributed by atoms with van der Waals surface area (Å²) in [5.41, 5.74) is 0. The Kier molecular flexibility index (Phi) is 2.96. The van der Waals surface area contributed by atoms with E-state index in [1.54, 1.807) is 0 Å². The van der Waals surface area contributed by atoms with E-state index in [0.717, 1.165) is 10.7 Å². The molecule has 0 aliphatic heterocycles. The van der Waals surface area contributed by atoms with Crippen molar-refractivity contribution >= 4 is 56.0 Å². The molecule has 84 valence electrons. The first-order valence-corrected chi connectivity index (χ1v) is 8.45. The molecule has 0 heterocycles. The first kappa shape index (κ1) is 11.3. The smallest absolute Gasteiger partial charge is 0.0727 e. The minimum atomic E-state index is -1.12. The third kappa shape index (κ3) is 1.91. The number of fused-ring (bicyclic) bond motifs is 3. The average Bonchev–Trinajstić information content (AvgIpc) is 2.37. The van der Waals surface area contributed by atoms with Gasteiger partial charge in [0.05, 0.1) is 0 Å². The number of hydrogen-bond donors (Lipinski definition) is 0. The van der Waals surface area contributed by atoms with E-state index in [-0.39, 0.29) is 0 Å². The molecule has 0 saturated heterocycles. The molecule has 0 saturated carbocycles. The van der Waals surface area contributed by atoms with Crippen LogP contribution in [-0.2, 0) is 0 Å². The van der Waals surface area contributed by atoms with Crippen molar-refractivity contribution in [3.8, 4) is 0 Å². The number of hydrogen-bond acceptors (Lipinski definition) is 0. The highest BCUT2D eigenvalue weighted by molar-refractivity contribution is 8.09. The molecule has 0 aliphatic carbocycles. The molecule has 0 spiro atoms. The summed E-state index contributed by atoms with van der Waals surface area (Å²) in [5, 5.41) is 5.85. The van der Waals surface area contributed by atoms with Crippen molar-refractivity contribution in [2.24, 2.45) is 0 Å². The maximum atomic E-state index is 6.11. The van der Waals surface area contributed by atoms with Gasteiger partial charge in [0, 0.05) is 5.30 Å². The van der Waals surface area contributed by atoms with Gasteiger partial charge in [0.1, 0.15) is 6.63 Å². The van der Waals surface area contributed by atoms with E-state index in [4.69, 9.17) is 22.5 Å². The molecule has 0 bridgehead atoms. The maximum absolute atomic E-state index is 6.11. The average molecular weight is 279 g/mol. The maximum Gasteiger partial charge on any atom is 0.117 e. The molecule has 3 heteroatoms. The molecule has 0 atom stereocenters. The Morgan fingerprint density at radius 3 is 2.00 bits per heavy atom. The molecule has 0 aliphatic rings. The van der Waals surface area contributed by atoms with E-state index < -0.39 is 6.63 Å². The van der Waals surface area contributed by atoms with E-state index in [1.165, 1.54) is 16.2 Å². The molecular weight excluding hydrogens is 270 g/mol. The Morgan fingerprint density at radius 1 is 0.706 bits per heavy atom. The van der Waals surface area contributed by atoms with Crippen molar-refractivity contribution in [1.29, 1.82) is 0 Å². The van der Waals surface area contributed by atoms with Crippen molar-refractivity contribution < 1.29 is 0 Å². The summed E-state index contributed by atoms with van der Waals surface area (Å²) in [5.74, 6) is 0. The molecular formula is C14H9Cl2P. The highest BCUT2D eigenvalue weighted by Crippen LogP contribution is 2.47. The van der Waals surface area contributed by atoms with Crippen molar-refractivity contribution in [3.05, 3.63) is 54.6 Å². The second-order valence-electron chi connectivity index (χ2n) is 3.90. The molecule has 3 rings (SSSR count). The van der Waals surface area contributed by atoms with E-state index in [1.807, 2.05) is 18.2 Å². The molecule has 0 N–H and O–H groups in total. The standard InChI is InChI=1S/C14H9Cl2P/c15-17(16)14-9-10-5-1-2-6-11(10)12-7-3-4-8-13(12)14/h1-9H. The number of benzene rings is 3. The molecule has 17 heavy (non-hydrogen) atoms. The largest absolute Gasteiger partial charge is 0.117 e. The first-order valence-electron chi connectivity index (χ1n) is 5.29. The molecule has 0 amide bonds. The molecule has 0 aromatic heterocycles. The van der Waals surface area contributed by atoms with Crippen molar-refractivity contribution in [3.63, 3.8) is 0 Å². The lowest BCUT2D eigenvalue weighted by atomic mass is 10.0. The number of halogens is 2. The molecule has 0 radical (unpaired) electrons. The van der Waals surface area contributed by atoms with Gasteiger partial charge in [0.2, 0.25) is 0 Å². The predicted octanol–water partition coefficient (Wildman–Crippen LogP) is 5.41. The van der Waals surface area contributed by atoms with Crippen LogP contribution in [0.4, 0.5) is 0 Å². The monoisotopic (exact) mass is 278 g/mol. The van der Waals surface area contributed by atoms with Crippen LogP contribution < -0.4 is 5.30 Å². The predicted molar refractivity (Wildman–Crippen MR) is 79.7 cm³/mol. The molecule has 0 fully saturated rings. The van der Waals surface area contributed by atoms with E-state index >= 15 is 0 Å². The normalized spacial score (nSPS) is 11.5. The zero-order valence-corrected chi connectivity index (χ0v) is 11.3. The third-order valence-corrected chi connectivity index (χ3v) is 4.76. The molecule has 0 unspecified atom stereocenters. The minimum absolute atomic E-state index is 1.04. The first-order chi connectivity index (χ1) is 8.27. The van der Waals surface area contributed by atoms with Gasteiger partial charge in [-0.05, 0) is 27.6 Å². The van der Waals surface area contributed by atoms with Gasteiger partial charge in [-0.3, -0.25) is 0 Å². The van der Waals surface area contributed by atoms with Crippen molar-refractivity contribution in [2.75, 3.05) is 0 Å². The van der Waals surface area contributed by atoms with Crippen LogP contribution in [0.1, 0.15) is 0 Å². The molecule has 0 nitrogen and oxygen atoms in total. The second-order valence-corrected chi connectivity index (χ2v) is 7.39. The van der Waals surface area contributed by atoms with Crippen LogP contribution in [0.15, 0.2) is 54.6 Å². The van der Waals surface area contributed by atoms with Gasteiger partial charge in [-0.2, -0.15) is 0 Å². The van der Waals surface area contributed by atoms with E-state index in [0.29, 0.717) is 0 Å². The summed E-state index contributed by atoms with van der Waals surface area (Å²) in [6.45, 7) is -1.12. The van der Waals surface area contributed by atoms with Gasteiger partial charge in [0.25, 0.3) is 0 Å². The molecule has 3 aromatic carbocycles. The van der Waals surface area contributed by atoms with Crippen LogP contribution in [0.3, 0.4) is 0 Å². The van der Waals surface area contributed by atoms with Crippen LogP contribution in [0.2, 0.25) is 0 Å².